The molecule has 25 heavy (non-hydrogen) atoms. The molecule has 0 aromatic carbocycles. The molecule has 0 aliphatic carbocycles. The first-order valence-electron chi connectivity index (χ1n) is 7.41. The molecule has 0 spiro atoms. The first-order chi connectivity index (χ1) is 11.9. The van der Waals surface area contributed by atoms with Gasteiger partial charge < -0.3 is 4.90 Å². The van der Waals surface area contributed by atoms with Crippen LogP contribution in [0.25, 0.3) is 0 Å². The number of rotatable bonds is 3. The maximum absolute atomic E-state index is 12.6. The third-order valence-electron chi connectivity index (χ3n) is 3.82. The maximum atomic E-state index is 12.6. The lowest BCUT2D eigenvalue weighted by Crippen LogP contribution is -2.46. The van der Waals surface area contributed by atoms with Gasteiger partial charge in [0.15, 0.2) is 5.69 Å². The number of hydrogen-bond donors (Lipinski definition) is 0. The Morgan fingerprint density at radius 1 is 1.28 bits per heavy atom. The number of alkyl halides is 3. The van der Waals surface area contributed by atoms with Crippen LogP contribution in [0.4, 0.5) is 19.0 Å². The van der Waals surface area contributed by atoms with Crippen LogP contribution in [0.1, 0.15) is 16.3 Å². The summed E-state index contributed by atoms with van der Waals surface area (Å²) in [6, 6.07) is 3.56. The topological polar surface area (TPSA) is 56.1 Å². The number of nitrogens with zero attached hydrogens (tertiary/aromatic N) is 5. The average molecular weight is 388 g/mol. The third-order valence-corrected chi connectivity index (χ3v) is 4.94. The van der Waals surface area contributed by atoms with Crippen LogP contribution < -0.4 is 4.90 Å². The van der Waals surface area contributed by atoms with Crippen LogP contribution in [-0.2, 0) is 12.7 Å². The summed E-state index contributed by atoms with van der Waals surface area (Å²) in [5.74, 6) is 0.619. The Labute approximate surface area is 151 Å². The molecule has 0 unspecified atom stereocenters. The summed E-state index contributed by atoms with van der Waals surface area (Å²) in [4.78, 5) is 11.9. The van der Waals surface area contributed by atoms with E-state index < -0.39 is 11.9 Å². The molecule has 1 aliphatic heterocycles. The van der Waals surface area contributed by atoms with Crippen molar-refractivity contribution in [3.8, 4) is 6.07 Å². The Balaban J connectivity index is 1.59. The molecule has 0 amide bonds. The maximum Gasteiger partial charge on any atom is 0.434 e. The minimum Gasteiger partial charge on any atom is -0.353 e. The van der Waals surface area contributed by atoms with E-state index in [9.17, 15) is 13.2 Å². The first-order valence-corrected chi connectivity index (χ1v) is 8.67. The lowest BCUT2D eigenvalue weighted by molar-refractivity contribution is -0.140. The van der Waals surface area contributed by atoms with Crippen molar-refractivity contribution in [1.29, 1.82) is 5.26 Å². The Hall–Kier alpha value is -1.89. The van der Waals surface area contributed by atoms with Crippen LogP contribution in [0.15, 0.2) is 17.6 Å². The Bertz CT molecular complexity index is 793. The van der Waals surface area contributed by atoms with Gasteiger partial charge in [-0.05, 0) is 6.07 Å². The highest BCUT2D eigenvalue weighted by Crippen LogP contribution is 2.30. The minimum absolute atomic E-state index is 0.392. The average Bonchev–Trinajstić information content (AvgIpc) is 3.04. The molecular formula is C15H13ClF3N5S. The van der Waals surface area contributed by atoms with Crippen LogP contribution in [0.5, 0.6) is 0 Å². The minimum atomic E-state index is -4.40. The zero-order chi connectivity index (χ0) is 18.0. The molecule has 2 aromatic heterocycles. The van der Waals surface area contributed by atoms with Crippen molar-refractivity contribution in [2.75, 3.05) is 31.1 Å². The van der Waals surface area contributed by atoms with E-state index in [-0.39, 0.29) is 0 Å². The fourth-order valence-corrected chi connectivity index (χ4v) is 3.68. The second-order valence-corrected chi connectivity index (χ2v) is 6.88. The summed E-state index contributed by atoms with van der Waals surface area (Å²) in [5.41, 5.74) is -0.434. The van der Waals surface area contributed by atoms with Gasteiger partial charge in [-0.3, -0.25) is 4.90 Å². The van der Waals surface area contributed by atoms with Gasteiger partial charge in [0.1, 0.15) is 16.9 Å². The van der Waals surface area contributed by atoms with E-state index in [0.29, 0.717) is 54.1 Å². The number of hydrogen-bond acceptors (Lipinski definition) is 6. The van der Waals surface area contributed by atoms with Gasteiger partial charge in [-0.2, -0.15) is 18.4 Å². The number of halogens is 4. The van der Waals surface area contributed by atoms with Crippen molar-refractivity contribution < 1.29 is 13.2 Å². The van der Waals surface area contributed by atoms with Crippen LogP contribution in [0.2, 0.25) is 5.02 Å². The molecule has 3 rings (SSSR count). The second-order valence-electron chi connectivity index (χ2n) is 5.53. The molecule has 1 fully saturated rings. The summed E-state index contributed by atoms with van der Waals surface area (Å²) in [5, 5.41) is 10.8. The largest absolute Gasteiger partial charge is 0.434 e. The molecule has 5 nitrogen and oxygen atoms in total. The van der Waals surface area contributed by atoms with E-state index in [4.69, 9.17) is 16.9 Å². The van der Waals surface area contributed by atoms with Crippen molar-refractivity contribution in [2.45, 2.75) is 12.7 Å². The number of nitriles is 1. The van der Waals surface area contributed by atoms with Crippen LogP contribution >= 0.6 is 22.9 Å². The fraction of sp³-hybridized carbons (Fsp3) is 0.400. The van der Waals surface area contributed by atoms with Gasteiger partial charge in [0, 0.05) is 37.8 Å². The van der Waals surface area contributed by atoms with Crippen molar-refractivity contribution >= 4 is 28.8 Å². The molecule has 2 aromatic rings. The van der Waals surface area contributed by atoms with Gasteiger partial charge in [0.25, 0.3) is 0 Å². The van der Waals surface area contributed by atoms with Crippen molar-refractivity contribution in [3.63, 3.8) is 0 Å². The number of piperazine rings is 1. The number of aromatic nitrogens is 2. The van der Waals surface area contributed by atoms with Gasteiger partial charge in [0.05, 0.1) is 17.1 Å². The molecule has 132 valence electrons. The molecule has 0 bridgehead atoms. The SMILES string of the molecule is N#Cc1cnc(N2CCN(Cc3nc(C(F)(F)F)cs3)CC2)c(Cl)c1. The summed E-state index contributed by atoms with van der Waals surface area (Å²) in [7, 11) is 0. The molecule has 0 atom stereocenters. The van der Waals surface area contributed by atoms with Gasteiger partial charge in [-0.1, -0.05) is 11.6 Å². The predicted octanol–water partition coefficient (Wildman–Crippen LogP) is 3.40. The van der Waals surface area contributed by atoms with E-state index in [1.54, 1.807) is 6.07 Å². The van der Waals surface area contributed by atoms with Gasteiger partial charge in [-0.15, -0.1) is 11.3 Å². The van der Waals surface area contributed by atoms with E-state index >= 15 is 0 Å². The molecule has 3 heterocycles. The number of pyridine rings is 1. The highest BCUT2D eigenvalue weighted by molar-refractivity contribution is 7.09. The van der Waals surface area contributed by atoms with Gasteiger partial charge in [-0.25, -0.2) is 9.97 Å². The molecule has 10 heteroatoms. The fourth-order valence-electron chi connectivity index (χ4n) is 2.55. The van der Waals surface area contributed by atoms with Gasteiger partial charge in [0.2, 0.25) is 0 Å². The predicted molar refractivity (Wildman–Crippen MR) is 88.6 cm³/mol. The zero-order valence-corrected chi connectivity index (χ0v) is 14.5. The number of thiazole rings is 1. The Morgan fingerprint density at radius 3 is 2.56 bits per heavy atom. The summed E-state index contributed by atoms with van der Waals surface area (Å²) in [6.07, 6.45) is -2.92. The smallest absolute Gasteiger partial charge is 0.353 e. The van der Waals surface area contributed by atoms with Crippen molar-refractivity contribution in [1.82, 2.24) is 14.9 Å². The molecule has 0 saturated carbocycles. The standard InChI is InChI=1S/C15H13ClF3N5S/c16-11-5-10(6-20)7-21-14(11)24-3-1-23(2-4-24)8-13-22-12(9-25-13)15(17,18)19/h5,7,9H,1-4,8H2. The Morgan fingerprint density at radius 2 is 2.00 bits per heavy atom. The highest BCUT2D eigenvalue weighted by Gasteiger charge is 2.34. The van der Waals surface area contributed by atoms with E-state index in [2.05, 4.69) is 9.97 Å². The lowest BCUT2D eigenvalue weighted by atomic mass is 10.2. The monoisotopic (exact) mass is 387 g/mol. The van der Waals surface area contributed by atoms with E-state index in [0.717, 1.165) is 16.7 Å². The second kappa shape index (κ2) is 7.15. The summed E-state index contributed by atoms with van der Waals surface area (Å²) in [6.45, 7) is 3.02. The number of anilines is 1. The van der Waals surface area contributed by atoms with Crippen molar-refractivity contribution in [3.05, 3.63) is 38.9 Å². The molecular weight excluding hydrogens is 375 g/mol. The zero-order valence-electron chi connectivity index (χ0n) is 12.9. The van der Waals surface area contributed by atoms with Crippen LogP contribution in [0, 0.1) is 11.3 Å². The normalized spacial score (nSPS) is 16.0. The molecule has 1 saturated heterocycles. The van der Waals surface area contributed by atoms with E-state index in [1.807, 2.05) is 15.9 Å². The quantitative estimate of drug-likeness (QED) is 0.807. The lowest BCUT2D eigenvalue weighted by Gasteiger charge is -2.35. The summed E-state index contributed by atoms with van der Waals surface area (Å²) >= 11 is 7.19. The molecule has 0 radical (unpaired) electrons. The first kappa shape index (κ1) is 17.9. The highest BCUT2D eigenvalue weighted by atomic mass is 35.5. The third kappa shape index (κ3) is 4.21. The van der Waals surface area contributed by atoms with Crippen LogP contribution in [0.3, 0.4) is 0 Å². The molecule has 0 N–H and O–H groups in total. The van der Waals surface area contributed by atoms with E-state index in [1.165, 1.54) is 6.20 Å². The van der Waals surface area contributed by atoms with Gasteiger partial charge >= 0.3 is 6.18 Å². The Kier molecular flexibility index (Phi) is 5.13. The summed E-state index contributed by atoms with van der Waals surface area (Å²) < 4.78 is 37.8. The van der Waals surface area contributed by atoms with Crippen LogP contribution in [-0.4, -0.2) is 41.0 Å². The molecule has 1 aliphatic rings. The van der Waals surface area contributed by atoms with Crippen molar-refractivity contribution in [2.24, 2.45) is 0 Å².